The van der Waals surface area contributed by atoms with Crippen LogP contribution in [0, 0.1) is 0 Å². The third kappa shape index (κ3) is 4.25. The number of nitrogens with zero attached hydrogens (tertiary/aromatic N) is 4. The zero-order valence-corrected chi connectivity index (χ0v) is 19.2. The van der Waals surface area contributed by atoms with E-state index < -0.39 is 0 Å². The number of carbonyl (C=O) groups excluding carboxylic acids is 1. The van der Waals surface area contributed by atoms with Gasteiger partial charge in [0.1, 0.15) is 21.8 Å². The number of alkyl carbamates (subject to hydrolysis) is 1. The van der Waals surface area contributed by atoms with Crippen LogP contribution in [0.4, 0.5) is 10.6 Å². The number of amides is 1. The summed E-state index contributed by atoms with van der Waals surface area (Å²) in [5, 5.41) is 3.05. The summed E-state index contributed by atoms with van der Waals surface area (Å²) in [6, 6.07) is 9.65. The molecule has 2 fully saturated rings. The topological polar surface area (TPSA) is 88.9 Å². The van der Waals surface area contributed by atoms with Gasteiger partial charge in [0.15, 0.2) is 0 Å². The third-order valence-corrected chi connectivity index (χ3v) is 7.12. The molecular weight excluding hydrogens is 509 g/mol. The number of fused-ring (bicyclic) bond motifs is 1. The minimum atomic E-state index is -0.389. The van der Waals surface area contributed by atoms with E-state index in [1.807, 2.05) is 36.5 Å². The van der Waals surface area contributed by atoms with Gasteiger partial charge in [0.25, 0.3) is 0 Å². The lowest BCUT2D eigenvalue weighted by Crippen LogP contribution is -2.55. The van der Waals surface area contributed by atoms with Crippen molar-refractivity contribution in [1.29, 1.82) is 0 Å². The van der Waals surface area contributed by atoms with Crippen molar-refractivity contribution in [3.8, 4) is 0 Å². The molecule has 1 atom stereocenters. The second-order valence-electron chi connectivity index (χ2n) is 8.08. The summed E-state index contributed by atoms with van der Waals surface area (Å²) in [4.78, 5) is 28.4. The molecule has 31 heavy (non-hydrogen) atoms. The average molecular weight is 533 g/mol. The number of rotatable bonds is 4. The van der Waals surface area contributed by atoms with Crippen LogP contribution in [0.2, 0.25) is 0 Å². The average Bonchev–Trinajstić information content (AvgIpc) is 3.36. The van der Waals surface area contributed by atoms with E-state index in [9.17, 15) is 4.79 Å². The zero-order valence-electron chi connectivity index (χ0n) is 17.1. The van der Waals surface area contributed by atoms with Crippen LogP contribution in [0.5, 0.6) is 0 Å². The maximum absolute atomic E-state index is 12.4. The van der Waals surface area contributed by atoms with Crippen molar-refractivity contribution in [2.24, 2.45) is 4.99 Å². The van der Waals surface area contributed by atoms with Crippen molar-refractivity contribution in [2.45, 2.75) is 44.1 Å². The second kappa shape index (κ2) is 8.70. The van der Waals surface area contributed by atoms with E-state index in [4.69, 9.17) is 14.5 Å². The number of anilines is 1. The van der Waals surface area contributed by atoms with Crippen molar-refractivity contribution < 1.29 is 14.3 Å². The van der Waals surface area contributed by atoms with Crippen LogP contribution in [0.15, 0.2) is 41.5 Å². The molecule has 1 aromatic carbocycles. The Morgan fingerprint density at radius 2 is 2.10 bits per heavy atom. The number of aliphatic imine (C=N–C) groups is 1. The van der Waals surface area contributed by atoms with Crippen molar-refractivity contribution in [1.82, 2.24) is 15.3 Å². The van der Waals surface area contributed by atoms with Crippen LogP contribution in [0.25, 0.3) is 0 Å². The fourth-order valence-corrected chi connectivity index (χ4v) is 5.15. The quantitative estimate of drug-likeness (QED) is 0.608. The SMILES string of the molecule is O=C(NC1CCOC12CCN(c1cnc3c(n1)CN=C3I)CC2)OCc1ccccc1. The van der Waals surface area contributed by atoms with Gasteiger partial charge in [-0.05, 0) is 47.4 Å². The molecule has 1 spiro atoms. The first-order valence-electron chi connectivity index (χ1n) is 10.6. The Labute approximate surface area is 194 Å². The van der Waals surface area contributed by atoms with Crippen molar-refractivity contribution in [2.75, 3.05) is 24.6 Å². The molecule has 8 nitrogen and oxygen atoms in total. The van der Waals surface area contributed by atoms with Gasteiger partial charge in [0.05, 0.1) is 30.1 Å². The highest BCUT2D eigenvalue weighted by Crippen LogP contribution is 2.37. The summed E-state index contributed by atoms with van der Waals surface area (Å²) >= 11 is 2.20. The number of halogens is 1. The summed E-state index contributed by atoms with van der Waals surface area (Å²) in [6.07, 6.45) is 3.89. The van der Waals surface area contributed by atoms with Gasteiger partial charge in [-0.25, -0.2) is 14.8 Å². The van der Waals surface area contributed by atoms with E-state index in [2.05, 4.69) is 42.8 Å². The number of carbonyl (C=O) groups is 1. The van der Waals surface area contributed by atoms with Crippen LogP contribution in [-0.4, -0.2) is 51.1 Å². The lowest BCUT2D eigenvalue weighted by atomic mass is 9.84. The minimum absolute atomic E-state index is 0.0426. The van der Waals surface area contributed by atoms with Gasteiger partial charge in [-0.2, -0.15) is 0 Å². The Kier molecular flexibility index (Phi) is 5.79. The molecule has 1 unspecified atom stereocenters. The van der Waals surface area contributed by atoms with Crippen LogP contribution < -0.4 is 10.2 Å². The number of hydrogen-bond acceptors (Lipinski definition) is 7. The first kappa shape index (κ1) is 20.6. The molecule has 2 aromatic rings. The maximum atomic E-state index is 12.4. The molecule has 0 bridgehead atoms. The molecule has 1 amide bonds. The summed E-state index contributed by atoms with van der Waals surface area (Å²) in [5.74, 6) is 0.889. The standard InChI is InChI=1S/C22H24IN5O3/c23-20-19-16(12-25-20)26-18(13-24-19)28-9-7-22(8-10-28)17(6-11-31-22)27-21(29)30-14-15-4-2-1-3-5-15/h1-5,13,17H,6-12,14H2,(H,27,29). The summed E-state index contributed by atoms with van der Waals surface area (Å²) in [7, 11) is 0. The predicted octanol–water partition coefficient (Wildman–Crippen LogP) is 3.23. The van der Waals surface area contributed by atoms with Gasteiger partial charge in [-0.15, -0.1) is 0 Å². The van der Waals surface area contributed by atoms with Gasteiger partial charge >= 0.3 is 6.09 Å². The molecule has 0 saturated carbocycles. The van der Waals surface area contributed by atoms with Gasteiger partial charge in [-0.3, -0.25) is 4.99 Å². The predicted molar refractivity (Wildman–Crippen MR) is 125 cm³/mol. The largest absolute Gasteiger partial charge is 0.445 e. The van der Waals surface area contributed by atoms with Gasteiger partial charge in [0, 0.05) is 19.7 Å². The maximum Gasteiger partial charge on any atom is 0.407 e. The third-order valence-electron chi connectivity index (χ3n) is 6.26. The van der Waals surface area contributed by atoms with Crippen LogP contribution in [0.1, 0.15) is 36.2 Å². The molecule has 1 aromatic heterocycles. The Morgan fingerprint density at radius 3 is 2.90 bits per heavy atom. The molecule has 2 saturated heterocycles. The highest BCUT2D eigenvalue weighted by atomic mass is 127. The molecule has 4 heterocycles. The van der Waals surface area contributed by atoms with Gasteiger partial charge in [-0.1, -0.05) is 30.3 Å². The Bertz CT molecular complexity index is 992. The first-order valence-corrected chi connectivity index (χ1v) is 11.6. The zero-order chi connectivity index (χ0) is 21.3. The monoisotopic (exact) mass is 533 g/mol. The number of aromatic nitrogens is 2. The van der Waals surface area contributed by atoms with Crippen molar-refractivity contribution in [3.05, 3.63) is 53.5 Å². The highest BCUT2D eigenvalue weighted by molar-refractivity contribution is 14.1. The molecule has 9 heteroatoms. The fourth-order valence-electron chi connectivity index (χ4n) is 4.53. The molecule has 3 aliphatic rings. The van der Waals surface area contributed by atoms with E-state index in [1.54, 1.807) is 0 Å². The Morgan fingerprint density at radius 1 is 1.29 bits per heavy atom. The lowest BCUT2D eigenvalue weighted by Gasteiger charge is -2.42. The van der Waals surface area contributed by atoms with Crippen LogP contribution in [0.3, 0.4) is 0 Å². The summed E-state index contributed by atoms with van der Waals surface area (Å²) < 4.78 is 12.5. The van der Waals surface area contributed by atoms with Crippen molar-refractivity contribution in [3.63, 3.8) is 0 Å². The molecule has 3 aliphatic heterocycles. The molecule has 0 aliphatic carbocycles. The Hall–Kier alpha value is -2.27. The first-order chi connectivity index (χ1) is 15.1. The second-order valence-corrected chi connectivity index (χ2v) is 9.10. The highest BCUT2D eigenvalue weighted by Gasteiger charge is 2.47. The normalized spacial score (nSPS) is 21.6. The van der Waals surface area contributed by atoms with Crippen LogP contribution in [-0.2, 0) is 22.6 Å². The van der Waals surface area contributed by atoms with Gasteiger partial charge < -0.3 is 19.7 Å². The molecule has 0 radical (unpaired) electrons. The van der Waals surface area contributed by atoms with E-state index >= 15 is 0 Å². The van der Waals surface area contributed by atoms with E-state index in [0.29, 0.717) is 13.2 Å². The smallest absolute Gasteiger partial charge is 0.407 e. The van der Waals surface area contributed by atoms with E-state index in [-0.39, 0.29) is 24.3 Å². The summed E-state index contributed by atoms with van der Waals surface area (Å²) in [6.45, 7) is 3.14. The van der Waals surface area contributed by atoms with E-state index in [1.165, 1.54) is 0 Å². The minimum Gasteiger partial charge on any atom is -0.445 e. The lowest BCUT2D eigenvalue weighted by molar-refractivity contribution is -0.0292. The molecular formula is C22H24IN5O3. The molecule has 5 rings (SSSR count). The van der Waals surface area contributed by atoms with Crippen molar-refractivity contribution >= 4 is 38.2 Å². The van der Waals surface area contributed by atoms with Gasteiger partial charge in [0.2, 0.25) is 0 Å². The number of nitrogens with one attached hydrogen (secondary N) is 1. The number of hydrogen-bond donors (Lipinski definition) is 1. The molecule has 1 N–H and O–H groups in total. The molecule has 162 valence electrons. The Balaban J connectivity index is 1.18. The number of piperidine rings is 1. The summed E-state index contributed by atoms with van der Waals surface area (Å²) in [5.41, 5.74) is 2.47. The van der Waals surface area contributed by atoms with Crippen LogP contribution >= 0.6 is 22.6 Å². The fraction of sp³-hybridized carbons (Fsp3) is 0.455. The van der Waals surface area contributed by atoms with E-state index in [0.717, 1.165) is 58.8 Å². The number of benzene rings is 1. The number of ether oxygens (including phenoxy) is 2.